The Morgan fingerprint density at radius 3 is 2.34 bits per heavy atom. The molecule has 0 aromatic heterocycles. The molecular formula is C26H35N5O4. The van der Waals surface area contributed by atoms with Gasteiger partial charge in [-0.15, -0.1) is 0 Å². The second-order valence-electron chi connectivity index (χ2n) is 8.33. The highest BCUT2D eigenvalue weighted by Gasteiger charge is 2.23. The summed E-state index contributed by atoms with van der Waals surface area (Å²) >= 11 is 0. The van der Waals surface area contributed by atoms with E-state index in [1.54, 1.807) is 31.4 Å². The van der Waals surface area contributed by atoms with Crippen LogP contribution in [0.4, 0.5) is 5.69 Å². The number of benzene rings is 2. The van der Waals surface area contributed by atoms with Crippen molar-refractivity contribution >= 4 is 23.5 Å². The van der Waals surface area contributed by atoms with Crippen LogP contribution in [0, 0.1) is 0 Å². The Kier molecular flexibility index (Phi) is 9.48. The van der Waals surface area contributed by atoms with Crippen LogP contribution in [0.5, 0.6) is 5.75 Å². The number of likely N-dealkylation sites (N-methyl/N-ethyl adjacent to an activating group) is 1. The number of methoxy groups -OCH3 is 1. The molecule has 1 aliphatic rings. The van der Waals surface area contributed by atoms with Crippen molar-refractivity contribution in [2.75, 3.05) is 58.2 Å². The van der Waals surface area contributed by atoms with Gasteiger partial charge in [-0.25, -0.2) is 9.79 Å². The van der Waals surface area contributed by atoms with Crippen LogP contribution in [-0.2, 0) is 11.3 Å². The third-order valence-corrected chi connectivity index (χ3v) is 6.08. The average molecular weight is 482 g/mol. The van der Waals surface area contributed by atoms with E-state index < -0.39 is 5.97 Å². The molecule has 0 radical (unpaired) electrons. The summed E-state index contributed by atoms with van der Waals surface area (Å²) in [5, 5.41) is 12.5. The zero-order valence-corrected chi connectivity index (χ0v) is 20.7. The first-order valence-electron chi connectivity index (χ1n) is 12.0. The van der Waals surface area contributed by atoms with E-state index in [0.717, 1.165) is 56.3 Å². The SMILES string of the molecule is CCN(CC)C(=O)CN1CCN(C(=NCc2cccc(OC)c2)Nc2ccc(C(=O)O)cc2)CC1. The highest BCUT2D eigenvalue weighted by molar-refractivity contribution is 5.94. The van der Waals surface area contributed by atoms with E-state index in [0.29, 0.717) is 19.0 Å². The van der Waals surface area contributed by atoms with Gasteiger partial charge in [-0.3, -0.25) is 9.69 Å². The fourth-order valence-electron chi connectivity index (χ4n) is 3.97. The van der Waals surface area contributed by atoms with E-state index in [1.165, 1.54) is 0 Å². The zero-order valence-electron chi connectivity index (χ0n) is 20.7. The fraction of sp³-hybridized carbons (Fsp3) is 0.423. The van der Waals surface area contributed by atoms with Crippen molar-refractivity contribution in [2.45, 2.75) is 20.4 Å². The monoisotopic (exact) mass is 481 g/mol. The van der Waals surface area contributed by atoms with Crippen molar-refractivity contribution in [2.24, 2.45) is 4.99 Å². The number of aromatic carboxylic acids is 1. The second-order valence-corrected chi connectivity index (χ2v) is 8.33. The Labute approximate surface area is 207 Å². The smallest absolute Gasteiger partial charge is 0.335 e. The minimum atomic E-state index is -0.959. The molecule has 0 bridgehead atoms. The fourth-order valence-corrected chi connectivity index (χ4v) is 3.97. The summed E-state index contributed by atoms with van der Waals surface area (Å²) in [6.45, 7) is 9.30. The summed E-state index contributed by atoms with van der Waals surface area (Å²) in [7, 11) is 1.64. The van der Waals surface area contributed by atoms with Gasteiger partial charge in [-0.2, -0.15) is 0 Å². The molecule has 9 heteroatoms. The summed E-state index contributed by atoms with van der Waals surface area (Å²) in [6, 6.07) is 14.4. The number of hydrogen-bond donors (Lipinski definition) is 2. The molecule has 9 nitrogen and oxygen atoms in total. The van der Waals surface area contributed by atoms with Crippen LogP contribution >= 0.6 is 0 Å². The zero-order chi connectivity index (χ0) is 25.2. The molecule has 35 heavy (non-hydrogen) atoms. The van der Waals surface area contributed by atoms with Gasteiger partial charge in [-0.05, 0) is 55.8 Å². The lowest BCUT2D eigenvalue weighted by Gasteiger charge is -2.37. The molecule has 188 valence electrons. The number of piperazine rings is 1. The van der Waals surface area contributed by atoms with E-state index in [2.05, 4.69) is 15.1 Å². The van der Waals surface area contributed by atoms with Gasteiger partial charge in [0.25, 0.3) is 0 Å². The quantitative estimate of drug-likeness (QED) is 0.420. The molecule has 0 saturated carbocycles. The maximum atomic E-state index is 12.5. The summed E-state index contributed by atoms with van der Waals surface area (Å²) in [5.41, 5.74) is 2.02. The Morgan fingerprint density at radius 1 is 1.06 bits per heavy atom. The number of nitrogens with zero attached hydrogens (tertiary/aromatic N) is 4. The number of aliphatic imine (C=N–C) groups is 1. The number of carboxylic acids is 1. The molecule has 2 N–H and O–H groups in total. The van der Waals surface area contributed by atoms with Gasteiger partial charge in [0.1, 0.15) is 5.75 Å². The number of anilines is 1. The molecule has 1 aliphatic heterocycles. The number of nitrogens with one attached hydrogen (secondary N) is 1. The second kappa shape index (κ2) is 12.8. The van der Waals surface area contributed by atoms with Crippen LogP contribution in [-0.4, -0.2) is 90.6 Å². The Bertz CT molecular complexity index is 1010. The van der Waals surface area contributed by atoms with Crippen molar-refractivity contribution in [1.82, 2.24) is 14.7 Å². The van der Waals surface area contributed by atoms with E-state index in [-0.39, 0.29) is 11.5 Å². The molecular weight excluding hydrogens is 446 g/mol. The predicted octanol–water partition coefficient (Wildman–Crippen LogP) is 2.85. The summed E-state index contributed by atoms with van der Waals surface area (Å²) in [5.74, 6) is 0.694. The Balaban J connectivity index is 1.71. The first-order chi connectivity index (χ1) is 16.9. The number of amides is 1. The Morgan fingerprint density at radius 2 is 1.74 bits per heavy atom. The van der Waals surface area contributed by atoms with Crippen molar-refractivity contribution in [1.29, 1.82) is 0 Å². The van der Waals surface area contributed by atoms with Crippen LogP contribution in [0.25, 0.3) is 0 Å². The summed E-state index contributed by atoms with van der Waals surface area (Å²) in [4.78, 5) is 34.7. The van der Waals surface area contributed by atoms with Gasteiger partial charge < -0.3 is 25.0 Å². The maximum absolute atomic E-state index is 12.5. The first kappa shape index (κ1) is 26.0. The molecule has 0 aliphatic carbocycles. The number of carbonyl (C=O) groups is 2. The Hall–Kier alpha value is -3.59. The normalized spacial score (nSPS) is 14.5. The van der Waals surface area contributed by atoms with Crippen molar-refractivity contribution in [3.8, 4) is 5.75 Å². The van der Waals surface area contributed by atoms with Crippen molar-refractivity contribution in [3.05, 3.63) is 59.7 Å². The van der Waals surface area contributed by atoms with Crippen LogP contribution in [0.1, 0.15) is 29.8 Å². The minimum absolute atomic E-state index is 0.159. The van der Waals surface area contributed by atoms with Crippen molar-refractivity contribution < 1.29 is 19.4 Å². The number of guanidine groups is 1. The third-order valence-electron chi connectivity index (χ3n) is 6.08. The molecule has 3 rings (SSSR count). The average Bonchev–Trinajstić information content (AvgIpc) is 2.88. The van der Waals surface area contributed by atoms with E-state index >= 15 is 0 Å². The molecule has 0 atom stereocenters. The van der Waals surface area contributed by atoms with E-state index in [9.17, 15) is 14.7 Å². The standard InChI is InChI=1S/C26H35N5O4/c1-4-30(5-2)24(32)19-29-13-15-31(16-14-29)26(27-18-20-7-6-8-23(17-20)35-3)28-22-11-9-21(10-12-22)25(33)34/h6-12,17H,4-5,13-16,18-19H2,1-3H3,(H,27,28)(H,33,34). The van der Waals surface area contributed by atoms with Gasteiger partial charge in [0.2, 0.25) is 5.91 Å². The predicted molar refractivity (Wildman–Crippen MR) is 137 cm³/mol. The van der Waals surface area contributed by atoms with Crippen LogP contribution in [0.2, 0.25) is 0 Å². The van der Waals surface area contributed by atoms with Gasteiger partial charge >= 0.3 is 5.97 Å². The summed E-state index contributed by atoms with van der Waals surface area (Å²) < 4.78 is 5.32. The lowest BCUT2D eigenvalue weighted by molar-refractivity contribution is -0.132. The van der Waals surface area contributed by atoms with Crippen LogP contribution in [0.3, 0.4) is 0 Å². The van der Waals surface area contributed by atoms with Gasteiger partial charge in [-0.1, -0.05) is 12.1 Å². The number of rotatable bonds is 9. The maximum Gasteiger partial charge on any atom is 0.335 e. The molecule has 1 saturated heterocycles. The largest absolute Gasteiger partial charge is 0.497 e. The number of hydrogen-bond acceptors (Lipinski definition) is 5. The molecule has 2 aromatic carbocycles. The van der Waals surface area contributed by atoms with Gasteiger partial charge in [0.05, 0.1) is 25.8 Å². The molecule has 1 amide bonds. The third kappa shape index (κ3) is 7.45. The highest BCUT2D eigenvalue weighted by Crippen LogP contribution is 2.16. The molecule has 1 fully saturated rings. The highest BCUT2D eigenvalue weighted by atomic mass is 16.5. The minimum Gasteiger partial charge on any atom is -0.497 e. The first-order valence-corrected chi connectivity index (χ1v) is 12.0. The molecule has 0 spiro atoms. The number of ether oxygens (including phenoxy) is 1. The summed E-state index contributed by atoms with van der Waals surface area (Å²) in [6.07, 6.45) is 0. The lowest BCUT2D eigenvalue weighted by atomic mass is 10.2. The molecule has 2 aromatic rings. The van der Waals surface area contributed by atoms with E-state index in [1.807, 2.05) is 43.0 Å². The van der Waals surface area contributed by atoms with E-state index in [4.69, 9.17) is 9.73 Å². The van der Waals surface area contributed by atoms with Crippen LogP contribution in [0.15, 0.2) is 53.5 Å². The molecule has 1 heterocycles. The van der Waals surface area contributed by atoms with Gasteiger partial charge in [0, 0.05) is 45.0 Å². The van der Waals surface area contributed by atoms with Crippen molar-refractivity contribution in [3.63, 3.8) is 0 Å². The van der Waals surface area contributed by atoms with Crippen LogP contribution < -0.4 is 10.1 Å². The topological polar surface area (TPSA) is 97.7 Å². The number of carbonyl (C=O) groups excluding carboxylic acids is 1. The number of carboxylic acid groups (broad SMARTS) is 1. The van der Waals surface area contributed by atoms with Gasteiger partial charge in [0.15, 0.2) is 5.96 Å². The lowest BCUT2D eigenvalue weighted by Crippen LogP contribution is -2.53. The molecule has 0 unspecified atom stereocenters.